The Kier molecular flexibility index (Phi) is 7.95. The minimum absolute atomic E-state index is 0.00531. The highest BCUT2D eigenvalue weighted by atomic mass is 19.4. The number of aliphatic carboxylic acids is 1. The van der Waals surface area contributed by atoms with E-state index in [1.807, 2.05) is 0 Å². The van der Waals surface area contributed by atoms with Crippen LogP contribution in [0, 0.1) is 5.92 Å². The van der Waals surface area contributed by atoms with Gasteiger partial charge in [0.05, 0.1) is 5.56 Å². The van der Waals surface area contributed by atoms with Gasteiger partial charge in [0.2, 0.25) is 0 Å². The first kappa shape index (κ1) is 22.8. The average molecular weight is 398 g/mol. The minimum atomic E-state index is -4.30. The molecule has 2 rings (SSSR count). The van der Waals surface area contributed by atoms with E-state index in [-0.39, 0.29) is 12.0 Å². The number of carboxylic acids is 1. The quantitative estimate of drug-likeness (QED) is 0.396. The highest BCUT2D eigenvalue weighted by Gasteiger charge is 2.47. The number of carboxylic acid groups (broad SMARTS) is 1. The van der Waals surface area contributed by atoms with E-state index in [0.29, 0.717) is 12.8 Å². The summed E-state index contributed by atoms with van der Waals surface area (Å²) < 4.78 is 37.7. The van der Waals surface area contributed by atoms with Gasteiger partial charge in [0.15, 0.2) is 0 Å². The Hall–Kier alpha value is -1.54. The highest BCUT2D eigenvalue weighted by Crippen LogP contribution is 2.38. The molecule has 0 saturated heterocycles. The molecule has 0 bridgehead atoms. The number of nitrogens with one attached hydrogen (secondary N) is 1. The molecule has 1 saturated carbocycles. The fraction of sp³-hybridized carbons (Fsp3) is 0.650. The summed E-state index contributed by atoms with van der Waals surface area (Å²) in [5.74, 6) is -0.913. The third kappa shape index (κ3) is 5.98. The van der Waals surface area contributed by atoms with Crippen molar-refractivity contribution in [2.24, 2.45) is 11.7 Å². The molecule has 1 aliphatic carbocycles. The maximum absolute atomic E-state index is 12.6. The van der Waals surface area contributed by atoms with Gasteiger partial charge in [-0.1, -0.05) is 31.3 Å². The van der Waals surface area contributed by atoms with E-state index in [0.717, 1.165) is 62.7 Å². The molecule has 0 heterocycles. The second-order valence-electron chi connectivity index (χ2n) is 7.92. The topological polar surface area (TPSA) is 75.4 Å². The number of halogens is 3. The molecular formula is C20H30BF3N2O2. The van der Waals surface area contributed by atoms with Crippen molar-refractivity contribution in [2.45, 2.75) is 69.0 Å². The van der Waals surface area contributed by atoms with Gasteiger partial charge in [-0.2, -0.15) is 13.2 Å². The largest absolute Gasteiger partial charge is 0.480 e. The fourth-order valence-electron chi connectivity index (χ4n) is 3.82. The molecule has 8 heteroatoms. The van der Waals surface area contributed by atoms with Crippen molar-refractivity contribution in [3.63, 3.8) is 0 Å². The molecular weight excluding hydrogens is 368 g/mol. The molecule has 1 fully saturated rings. The zero-order chi connectivity index (χ0) is 20.8. The lowest BCUT2D eigenvalue weighted by molar-refractivity contribution is -0.148. The molecule has 4 N–H and O–H groups in total. The smallest absolute Gasteiger partial charge is 0.416 e. The average Bonchev–Trinajstić information content (AvgIpc) is 2.59. The standard InChI is InChI=1S/C20H30BF3N2O2/c21-10-2-1-9-19(25,18(27)28)16-12-17(13-16)26-11-3-4-14-5-7-15(8-6-14)20(22,23)24/h5-8,16-17,26H,1-4,9-13,21,25H2,(H,27,28)/t16-,17+,19?. The van der Waals surface area contributed by atoms with Crippen molar-refractivity contribution in [3.8, 4) is 0 Å². The summed E-state index contributed by atoms with van der Waals surface area (Å²) in [6.07, 6.45) is 2.11. The van der Waals surface area contributed by atoms with Crippen molar-refractivity contribution in [3.05, 3.63) is 35.4 Å². The van der Waals surface area contributed by atoms with Crippen LogP contribution >= 0.6 is 0 Å². The van der Waals surface area contributed by atoms with Crippen molar-refractivity contribution in [1.29, 1.82) is 0 Å². The molecule has 1 atom stereocenters. The van der Waals surface area contributed by atoms with Crippen molar-refractivity contribution < 1.29 is 23.1 Å². The Bertz CT molecular complexity index is 633. The lowest BCUT2D eigenvalue weighted by Gasteiger charge is -2.45. The lowest BCUT2D eigenvalue weighted by Crippen LogP contribution is -2.61. The van der Waals surface area contributed by atoms with Gasteiger partial charge in [0.1, 0.15) is 13.4 Å². The van der Waals surface area contributed by atoms with Gasteiger partial charge >= 0.3 is 12.1 Å². The van der Waals surface area contributed by atoms with Crippen LogP contribution in [0.5, 0.6) is 0 Å². The van der Waals surface area contributed by atoms with Crippen LogP contribution in [0.1, 0.15) is 49.7 Å². The number of hydrogen-bond acceptors (Lipinski definition) is 3. The first-order chi connectivity index (χ1) is 13.2. The summed E-state index contributed by atoms with van der Waals surface area (Å²) >= 11 is 0. The Morgan fingerprint density at radius 3 is 2.36 bits per heavy atom. The minimum Gasteiger partial charge on any atom is -0.480 e. The van der Waals surface area contributed by atoms with E-state index in [2.05, 4.69) is 13.2 Å². The Balaban J connectivity index is 1.68. The SMILES string of the molecule is BCCCCC(N)(C(=O)O)[C@H]1C[C@@H](NCCCc2ccc(C(F)(F)F)cc2)C1. The van der Waals surface area contributed by atoms with E-state index in [1.165, 1.54) is 12.1 Å². The summed E-state index contributed by atoms with van der Waals surface area (Å²) in [6, 6.07) is 5.54. The maximum atomic E-state index is 12.6. The lowest BCUT2D eigenvalue weighted by atomic mass is 9.66. The van der Waals surface area contributed by atoms with Gasteiger partial charge in [-0.25, -0.2) is 0 Å². The third-order valence-electron chi connectivity index (χ3n) is 5.82. The zero-order valence-electron chi connectivity index (χ0n) is 16.4. The van der Waals surface area contributed by atoms with E-state index in [4.69, 9.17) is 5.73 Å². The number of alkyl halides is 3. The van der Waals surface area contributed by atoms with Crippen LogP contribution in [0.25, 0.3) is 0 Å². The Morgan fingerprint density at radius 1 is 1.18 bits per heavy atom. The van der Waals surface area contributed by atoms with Crippen LogP contribution in [0.3, 0.4) is 0 Å². The summed E-state index contributed by atoms with van der Waals surface area (Å²) in [5.41, 5.74) is 5.34. The number of carbonyl (C=O) groups is 1. The van der Waals surface area contributed by atoms with Gasteiger partial charge in [0, 0.05) is 6.04 Å². The normalized spacial score (nSPS) is 21.7. The van der Waals surface area contributed by atoms with Crippen molar-refractivity contribution >= 4 is 13.8 Å². The summed E-state index contributed by atoms with van der Waals surface area (Å²) in [6.45, 7) is 0.749. The molecule has 1 aromatic rings. The molecule has 1 aromatic carbocycles. The molecule has 0 aromatic heterocycles. The van der Waals surface area contributed by atoms with E-state index in [9.17, 15) is 23.1 Å². The monoisotopic (exact) mass is 398 g/mol. The van der Waals surface area contributed by atoms with Crippen LogP contribution in [0.4, 0.5) is 13.2 Å². The first-order valence-electron chi connectivity index (χ1n) is 10.1. The van der Waals surface area contributed by atoms with Crippen molar-refractivity contribution in [1.82, 2.24) is 5.32 Å². The van der Waals surface area contributed by atoms with Crippen LogP contribution in [-0.4, -0.2) is 37.0 Å². The number of nitrogens with two attached hydrogens (primary N) is 1. The Labute approximate surface area is 165 Å². The first-order valence-corrected chi connectivity index (χ1v) is 10.1. The molecule has 28 heavy (non-hydrogen) atoms. The molecule has 0 spiro atoms. The summed E-state index contributed by atoms with van der Waals surface area (Å²) in [5, 5.41) is 13.0. The molecule has 4 nitrogen and oxygen atoms in total. The fourth-order valence-corrected chi connectivity index (χ4v) is 3.82. The molecule has 0 amide bonds. The molecule has 1 aliphatic rings. The molecule has 0 aliphatic heterocycles. The number of aryl methyl sites for hydroxylation is 1. The van der Waals surface area contributed by atoms with E-state index < -0.39 is 23.2 Å². The predicted molar refractivity (Wildman–Crippen MR) is 106 cm³/mol. The maximum Gasteiger partial charge on any atom is 0.416 e. The van der Waals surface area contributed by atoms with E-state index in [1.54, 1.807) is 0 Å². The predicted octanol–water partition coefficient (Wildman–Crippen LogP) is 3.01. The Morgan fingerprint density at radius 2 is 1.82 bits per heavy atom. The number of hydrogen-bond donors (Lipinski definition) is 3. The summed E-state index contributed by atoms with van der Waals surface area (Å²) in [4.78, 5) is 11.6. The highest BCUT2D eigenvalue weighted by molar-refractivity contribution is 6.08. The molecule has 1 unspecified atom stereocenters. The zero-order valence-corrected chi connectivity index (χ0v) is 16.4. The van der Waals surface area contributed by atoms with Crippen LogP contribution in [0.2, 0.25) is 6.32 Å². The van der Waals surface area contributed by atoms with Gasteiger partial charge in [-0.3, -0.25) is 4.79 Å². The second-order valence-corrected chi connectivity index (χ2v) is 7.92. The molecule has 0 radical (unpaired) electrons. The van der Waals surface area contributed by atoms with Gasteiger partial charge < -0.3 is 16.2 Å². The third-order valence-corrected chi connectivity index (χ3v) is 5.82. The number of benzene rings is 1. The van der Waals surface area contributed by atoms with Gasteiger partial charge in [-0.05, 0) is 62.3 Å². The number of rotatable bonds is 11. The summed E-state index contributed by atoms with van der Waals surface area (Å²) in [7, 11) is 2.08. The number of unbranched alkanes of at least 4 members (excludes halogenated alkanes) is 1. The van der Waals surface area contributed by atoms with E-state index >= 15 is 0 Å². The van der Waals surface area contributed by atoms with Gasteiger partial charge in [-0.15, -0.1) is 0 Å². The van der Waals surface area contributed by atoms with Crippen molar-refractivity contribution in [2.75, 3.05) is 6.54 Å². The van der Waals surface area contributed by atoms with Crippen LogP contribution < -0.4 is 11.1 Å². The van der Waals surface area contributed by atoms with Gasteiger partial charge in [0.25, 0.3) is 0 Å². The molecule has 156 valence electrons. The van der Waals surface area contributed by atoms with Crippen LogP contribution in [0.15, 0.2) is 24.3 Å². The second kappa shape index (κ2) is 9.79. The van der Waals surface area contributed by atoms with Crippen LogP contribution in [-0.2, 0) is 17.4 Å².